The summed E-state index contributed by atoms with van der Waals surface area (Å²) in [5.74, 6) is 0.0280. The maximum absolute atomic E-state index is 12.8. The molecule has 1 aliphatic rings. The van der Waals surface area contributed by atoms with Gasteiger partial charge in [-0.05, 0) is 12.1 Å². The lowest BCUT2D eigenvalue weighted by Crippen LogP contribution is -2.41. The van der Waals surface area contributed by atoms with E-state index in [1.807, 2.05) is 0 Å². The van der Waals surface area contributed by atoms with Gasteiger partial charge in [0.25, 0.3) is 5.91 Å². The van der Waals surface area contributed by atoms with Crippen LogP contribution in [-0.2, 0) is 9.53 Å². The van der Waals surface area contributed by atoms with Crippen LogP contribution in [0.2, 0.25) is 0 Å². The van der Waals surface area contributed by atoms with Gasteiger partial charge in [-0.3, -0.25) is 4.79 Å². The van der Waals surface area contributed by atoms with Crippen LogP contribution in [-0.4, -0.2) is 69.0 Å². The molecule has 1 N–H and O–H groups in total. The number of methoxy groups -OCH3 is 4. The van der Waals surface area contributed by atoms with Crippen molar-refractivity contribution in [2.24, 2.45) is 0 Å². The second-order valence-corrected chi connectivity index (χ2v) is 5.30. The van der Waals surface area contributed by atoms with Crippen LogP contribution in [0.25, 0.3) is 0 Å². The van der Waals surface area contributed by atoms with Gasteiger partial charge >= 0.3 is 5.97 Å². The van der Waals surface area contributed by atoms with Gasteiger partial charge in [-0.25, -0.2) is 4.79 Å². The Morgan fingerprint density at radius 3 is 2.12 bits per heavy atom. The van der Waals surface area contributed by atoms with Crippen LogP contribution < -0.4 is 14.2 Å². The van der Waals surface area contributed by atoms with Gasteiger partial charge in [-0.15, -0.1) is 0 Å². The van der Waals surface area contributed by atoms with Gasteiger partial charge < -0.3 is 29.0 Å². The van der Waals surface area contributed by atoms with E-state index >= 15 is 0 Å². The predicted octanol–water partition coefficient (Wildman–Crippen LogP) is 0.461. The van der Waals surface area contributed by atoms with Crippen LogP contribution in [0.4, 0.5) is 0 Å². The number of ether oxygens (including phenoxy) is 4. The number of esters is 1. The number of benzene rings is 1. The van der Waals surface area contributed by atoms with Gasteiger partial charge in [0.2, 0.25) is 5.75 Å². The molecule has 0 unspecified atom stereocenters. The van der Waals surface area contributed by atoms with Crippen molar-refractivity contribution in [3.05, 3.63) is 17.7 Å². The molecular formula is C16H21NO7. The van der Waals surface area contributed by atoms with Crippen molar-refractivity contribution < 1.29 is 33.6 Å². The smallest absolute Gasteiger partial charge is 0.328 e. The molecule has 0 radical (unpaired) electrons. The first-order chi connectivity index (χ1) is 11.5. The largest absolute Gasteiger partial charge is 0.493 e. The zero-order valence-corrected chi connectivity index (χ0v) is 14.1. The molecule has 1 fully saturated rings. The second kappa shape index (κ2) is 7.39. The molecular weight excluding hydrogens is 318 g/mol. The molecule has 132 valence electrons. The van der Waals surface area contributed by atoms with Crippen molar-refractivity contribution >= 4 is 11.9 Å². The first kappa shape index (κ1) is 17.9. The number of hydrogen-bond donors (Lipinski definition) is 1. The third-order valence-electron chi connectivity index (χ3n) is 3.92. The SMILES string of the molecule is COC(=O)[C@@H]1C[C@@H](O)CN1C(=O)c1cc(OC)c(OC)c(OC)c1. The van der Waals surface area contributed by atoms with Gasteiger partial charge in [0, 0.05) is 18.5 Å². The summed E-state index contributed by atoms with van der Waals surface area (Å²) in [6, 6.07) is 2.18. The highest BCUT2D eigenvalue weighted by molar-refractivity contribution is 5.98. The van der Waals surface area contributed by atoms with E-state index in [1.54, 1.807) is 0 Å². The van der Waals surface area contributed by atoms with E-state index in [2.05, 4.69) is 0 Å². The van der Waals surface area contributed by atoms with Crippen molar-refractivity contribution in [3.8, 4) is 17.2 Å². The van der Waals surface area contributed by atoms with Crippen LogP contribution in [0.5, 0.6) is 17.2 Å². The fraction of sp³-hybridized carbons (Fsp3) is 0.500. The van der Waals surface area contributed by atoms with Crippen LogP contribution in [0.3, 0.4) is 0 Å². The topological polar surface area (TPSA) is 94.5 Å². The van der Waals surface area contributed by atoms with Gasteiger partial charge in [-0.1, -0.05) is 0 Å². The quantitative estimate of drug-likeness (QED) is 0.779. The van der Waals surface area contributed by atoms with Crippen molar-refractivity contribution in [3.63, 3.8) is 0 Å². The Balaban J connectivity index is 2.40. The van der Waals surface area contributed by atoms with Crippen molar-refractivity contribution in [2.75, 3.05) is 35.0 Å². The summed E-state index contributed by atoms with van der Waals surface area (Å²) in [6.07, 6.45) is -0.636. The molecule has 1 heterocycles. The Hall–Kier alpha value is -2.48. The molecule has 0 bridgehead atoms. The van der Waals surface area contributed by atoms with Crippen molar-refractivity contribution in [1.82, 2.24) is 4.90 Å². The molecule has 2 atom stereocenters. The van der Waals surface area contributed by atoms with Crippen molar-refractivity contribution in [2.45, 2.75) is 18.6 Å². The second-order valence-electron chi connectivity index (χ2n) is 5.30. The van der Waals surface area contributed by atoms with Gasteiger partial charge in [0.1, 0.15) is 6.04 Å². The van der Waals surface area contributed by atoms with Gasteiger partial charge in [-0.2, -0.15) is 0 Å². The monoisotopic (exact) mass is 339 g/mol. The third-order valence-corrected chi connectivity index (χ3v) is 3.92. The number of aliphatic hydroxyl groups excluding tert-OH is 1. The number of rotatable bonds is 5. The molecule has 0 saturated carbocycles. The Morgan fingerprint density at radius 2 is 1.67 bits per heavy atom. The molecule has 0 spiro atoms. The van der Waals surface area contributed by atoms with Crippen LogP contribution in [0, 0.1) is 0 Å². The number of carbonyl (C=O) groups excluding carboxylic acids is 2. The summed E-state index contributed by atoms with van der Waals surface area (Å²) in [5.41, 5.74) is 0.257. The maximum atomic E-state index is 12.8. The Morgan fingerprint density at radius 1 is 1.08 bits per heavy atom. The van der Waals surface area contributed by atoms with Crippen LogP contribution in [0.1, 0.15) is 16.8 Å². The number of carbonyl (C=O) groups is 2. The fourth-order valence-electron chi connectivity index (χ4n) is 2.77. The summed E-state index contributed by atoms with van der Waals surface area (Å²) >= 11 is 0. The van der Waals surface area contributed by atoms with E-state index in [0.29, 0.717) is 17.2 Å². The highest BCUT2D eigenvalue weighted by Gasteiger charge is 2.40. The normalized spacial score (nSPS) is 19.8. The van der Waals surface area contributed by atoms with Crippen molar-refractivity contribution in [1.29, 1.82) is 0 Å². The molecule has 1 amide bonds. The van der Waals surface area contributed by atoms with E-state index in [4.69, 9.17) is 18.9 Å². The van der Waals surface area contributed by atoms with E-state index in [9.17, 15) is 14.7 Å². The number of hydrogen-bond acceptors (Lipinski definition) is 7. The first-order valence-electron chi connectivity index (χ1n) is 7.33. The summed E-state index contributed by atoms with van der Waals surface area (Å²) < 4.78 is 20.4. The first-order valence-corrected chi connectivity index (χ1v) is 7.33. The zero-order valence-electron chi connectivity index (χ0n) is 14.1. The molecule has 1 saturated heterocycles. The van der Waals surface area contributed by atoms with E-state index < -0.39 is 24.0 Å². The van der Waals surface area contributed by atoms with Crippen LogP contribution in [0.15, 0.2) is 12.1 Å². The molecule has 1 aromatic carbocycles. The lowest BCUT2D eigenvalue weighted by atomic mass is 10.1. The summed E-state index contributed by atoms with van der Waals surface area (Å²) in [6.45, 7) is 0.0509. The number of amides is 1. The Labute approximate surface area is 139 Å². The predicted molar refractivity (Wildman–Crippen MR) is 83.6 cm³/mol. The Kier molecular flexibility index (Phi) is 5.50. The minimum absolute atomic E-state index is 0.0509. The van der Waals surface area contributed by atoms with Crippen LogP contribution >= 0.6 is 0 Å². The molecule has 0 aliphatic carbocycles. The summed E-state index contributed by atoms with van der Waals surface area (Å²) in [5, 5.41) is 9.82. The average molecular weight is 339 g/mol. The molecule has 8 heteroatoms. The molecule has 8 nitrogen and oxygen atoms in total. The standard InChI is InChI=1S/C16H21NO7/c1-21-12-5-9(6-13(22-2)14(12)23-3)15(19)17-8-10(18)7-11(17)16(20)24-4/h5-6,10-11,18H,7-8H2,1-4H3/t10-,11+/m1/s1. The number of likely N-dealkylation sites (tertiary alicyclic amines) is 1. The highest BCUT2D eigenvalue weighted by atomic mass is 16.5. The van der Waals surface area contributed by atoms with E-state index in [1.165, 1.54) is 45.5 Å². The number of β-amino-alcohol motifs (C(OH)–C–C–N with tert-alkyl or cyclic N) is 1. The minimum atomic E-state index is -0.823. The van der Waals surface area contributed by atoms with E-state index in [0.717, 1.165) is 0 Å². The number of nitrogens with zero attached hydrogens (tertiary/aromatic N) is 1. The van der Waals surface area contributed by atoms with Gasteiger partial charge in [0.05, 0.1) is 34.5 Å². The molecule has 0 aromatic heterocycles. The minimum Gasteiger partial charge on any atom is -0.493 e. The maximum Gasteiger partial charge on any atom is 0.328 e. The molecule has 2 rings (SSSR count). The highest BCUT2D eigenvalue weighted by Crippen LogP contribution is 2.38. The van der Waals surface area contributed by atoms with E-state index in [-0.39, 0.29) is 18.5 Å². The lowest BCUT2D eigenvalue weighted by molar-refractivity contribution is -0.145. The molecule has 1 aliphatic heterocycles. The lowest BCUT2D eigenvalue weighted by Gasteiger charge is -2.23. The zero-order chi connectivity index (χ0) is 17.9. The number of aliphatic hydroxyl groups is 1. The summed E-state index contributed by atoms with van der Waals surface area (Å²) in [4.78, 5) is 26.0. The molecule has 1 aromatic rings. The summed E-state index contributed by atoms with van der Waals surface area (Å²) in [7, 11) is 5.60. The average Bonchev–Trinajstić information content (AvgIpc) is 3.00. The Bertz CT molecular complexity index is 606. The fourth-order valence-corrected chi connectivity index (χ4v) is 2.77. The molecule has 24 heavy (non-hydrogen) atoms. The third kappa shape index (κ3) is 3.23. The van der Waals surface area contributed by atoms with Gasteiger partial charge in [0.15, 0.2) is 11.5 Å².